The van der Waals surface area contributed by atoms with E-state index in [1.54, 1.807) is 18.6 Å². The first-order valence-corrected chi connectivity index (χ1v) is 10.0. The molecule has 1 rings (SSSR count). The molecule has 0 saturated carbocycles. The van der Waals surface area contributed by atoms with Gasteiger partial charge < -0.3 is 0 Å². The van der Waals surface area contributed by atoms with Crippen LogP contribution in [-0.2, 0) is 6.24 Å². The highest BCUT2D eigenvalue weighted by Gasteiger charge is 2.25. The third-order valence-corrected chi connectivity index (χ3v) is 4.24. The fourth-order valence-corrected chi connectivity index (χ4v) is 3.36. The van der Waals surface area contributed by atoms with Crippen molar-refractivity contribution in [3.05, 3.63) is 22.4 Å². The summed E-state index contributed by atoms with van der Waals surface area (Å²) in [5.74, 6) is 0.115. The van der Waals surface area contributed by atoms with Gasteiger partial charge >= 0.3 is 0 Å². The van der Waals surface area contributed by atoms with E-state index in [9.17, 15) is 9.00 Å². The monoisotopic (exact) mass is 330 g/mol. The van der Waals surface area contributed by atoms with Gasteiger partial charge in [0.05, 0.1) is 10.6 Å². The normalized spacial score (nSPS) is 14.8. The van der Waals surface area contributed by atoms with Crippen LogP contribution in [0.1, 0.15) is 9.67 Å². The van der Waals surface area contributed by atoms with E-state index in [4.69, 9.17) is 0 Å². The molecule has 0 aromatic carbocycles. The Kier molecular flexibility index (Phi) is 2.99. The lowest BCUT2D eigenvalue weighted by atomic mass is 10.4. The zero-order valence-corrected chi connectivity index (χ0v) is 11.2. The summed E-state index contributed by atoms with van der Waals surface area (Å²) in [7, 11) is 0. The second kappa shape index (κ2) is 3.43. The van der Waals surface area contributed by atoms with Gasteiger partial charge in [-0.1, -0.05) is 6.07 Å². The molecule has 2 nitrogen and oxygen atoms in total. The summed E-state index contributed by atoms with van der Waals surface area (Å²) in [6.07, 6.45) is 0.561. The molecule has 0 bridgehead atoms. The minimum absolute atomic E-state index is 0.0219. The number of thiophene rings is 1. The summed E-state index contributed by atoms with van der Waals surface area (Å²) < 4.78 is 11.9. The number of carbonyl (C=O) groups is 1. The van der Waals surface area contributed by atoms with Crippen LogP contribution < -0.4 is 0 Å². The number of Topliss-reactive ketones (excluding diaryl/α,β-unsaturated/α-hetero) is 1. The number of hydrogen-bond acceptors (Lipinski definition) is 3. The maximum absolute atomic E-state index is 11.9. The van der Waals surface area contributed by atoms with Gasteiger partial charge in [0.1, 0.15) is 0 Å². The fraction of sp³-hybridized carbons (Fsp3) is 0.375. The van der Waals surface area contributed by atoms with Crippen LogP contribution in [0.5, 0.6) is 0 Å². The first-order valence-electron chi connectivity index (χ1n) is 3.63. The number of hydrogen-bond donors (Lipinski definition) is 0. The Morgan fingerprint density at radius 3 is 2.62 bits per heavy atom. The SMILES string of the molecule is CS(C)(=O)(I)CC(=O)c1cccs1. The van der Waals surface area contributed by atoms with E-state index in [2.05, 4.69) is 0 Å². The Morgan fingerprint density at radius 2 is 2.23 bits per heavy atom. The summed E-state index contributed by atoms with van der Waals surface area (Å²) >= 11 is 3.28. The number of rotatable bonds is 3. The molecule has 0 spiro atoms. The van der Waals surface area contributed by atoms with Crippen molar-refractivity contribution in [3.8, 4) is 0 Å². The van der Waals surface area contributed by atoms with Gasteiger partial charge in [0, 0.05) is 33.7 Å². The highest BCUT2D eigenvalue weighted by molar-refractivity contribution is 14.2. The van der Waals surface area contributed by atoms with Crippen LogP contribution in [0.3, 0.4) is 0 Å². The molecule has 0 unspecified atom stereocenters. The summed E-state index contributed by atoms with van der Waals surface area (Å²) in [5, 5.41) is 1.85. The smallest absolute Gasteiger partial charge is 0.184 e. The Hall–Kier alpha value is 0.250. The van der Waals surface area contributed by atoms with Crippen molar-refractivity contribution in [2.75, 3.05) is 18.3 Å². The van der Waals surface area contributed by atoms with Crippen LogP contribution in [0.25, 0.3) is 0 Å². The van der Waals surface area contributed by atoms with E-state index in [0.29, 0.717) is 4.88 Å². The molecule has 0 aliphatic heterocycles. The number of halogens is 1. The average Bonchev–Trinajstić information content (AvgIpc) is 2.29. The molecule has 0 saturated heterocycles. The zero-order valence-electron chi connectivity index (χ0n) is 7.45. The molecule has 0 aliphatic rings. The van der Waals surface area contributed by atoms with Crippen LogP contribution in [0.4, 0.5) is 0 Å². The van der Waals surface area contributed by atoms with Crippen molar-refractivity contribution in [1.29, 1.82) is 0 Å². The predicted octanol–water partition coefficient (Wildman–Crippen LogP) is 2.36. The van der Waals surface area contributed by atoms with Crippen molar-refractivity contribution in [2.24, 2.45) is 0 Å². The fourth-order valence-electron chi connectivity index (χ4n) is 0.874. The second-order valence-electron chi connectivity index (χ2n) is 3.46. The van der Waals surface area contributed by atoms with Gasteiger partial charge in [-0.05, 0) is 17.7 Å². The Labute approximate surface area is 93.7 Å². The third-order valence-electron chi connectivity index (χ3n) is 1.33. The molecule has 0 fully saturated rings. The van der Waals surface area contributed by atoms with Crippen molar-refractivity contribution in [3.63, 3.8) is 0 Å². The first kappa shape index (κ1) is 11.3. The molecule has 0 radical (unpaired) electrons. The summed E-state index contributed by atoms with van der Waals surface area (Å²) in [6.45, 7) is 0. The third kappa shape index (κ3) is 4.33. The molecule has 0 amide bonds. The predicted molar refractivity (Wildman–Crippen MR) is 67.5 cm³/mol. The highest BCUT2D eigenvalue weighted by Crippen LogP contribution is 2.28. The number of carbonyl (C=O) groups excluding carboxylic acids is 1. The van der Waals surface area contributed by atoms with Crippen LogP contribution in [0.15, 0.2) is 17.5 Å². The van der Waals surface area contributed by atoms with Crippen LogP contribution in [-0.4, -0.2) is 28.3 Å². The molecular weight excluding hydrogens is 319 g/mol. The van der Waals surface area contributed by atoms with Gasteiger partial charge in [0.2, 0.25) is 0 Å². The maximum Gasteiger partial charge on any atom is 0.184 e. The van der Waals surface area contributed by atoms with Crippen molar-refractivity contribution in [2.45, 2.75) is 0 Å². The zero-order chi connectivity index (χ0) is 10.1. The van der Waals surface area contributed by atoms with Crippen molar-refractivity contribution >= 4 is 44.6 Å². The molecule has 0 aliphatic carbocycles. The van der Waals surface area contributed by atoms with Crippen LogP contribution in [0, 0.1) is 0 Å². The molecule has 1 heterocycles. The minimum Gasteiger partial charge on any atom is -0.292 e. The van der Waals surface area contributed by atoms with Crippen molar-refractivity contribution < 1.29 is 9.00 Å². The first-order chi connectivity index (χ1) is 5.74. The van der Waals surface area contributed by atoms with Gasteiger partial charge in [-0.15, -0.1) is 11.3 Å². The molecular formula is C8H11IO2S2. The van der Waals surface area contributed by atoms with E-state index >= 15 is 0 Å². The van der Waals surface area contributed by atoms with Gasteiger partial charge in [-0.3, -0.25) is 9.00 Å². The summed E-state index contributed by atoms with van der Waals surface area (Å²) in [6, 6.07) is 3.59. The lowest BCUT2D eigenvalue weighted by Gasteiger charge is -2.24. The van der Waals surface area contributed by atoms with E-state index in [1.807, 2.05) is 32.7 Å². The van der Waals surface area contributed by atoms with E-state index in [-0.39, 0.29) is 11.5 Å². The lowest BCUT2D eigenvalue weighted by Crippen LogP contribution is -2.29. The van der Waals surface area contributed by atoms with E-state index < -0.39 is 6.24 Å². The molecule has 0 N–H and O–H groups in total. The van der Waals surface area contributed by atoms with Crippen LogP contribution >= 0.6 is 32.5 Å². The average molecular weight is 330 g/mol. The van der Waals surface area contributed by atoms with E-state index in [1.165, 1.54) is 11.3 Å². The maximum atomic E-state index is 11.9. The Balaban J connectivity index is 2.80. The van der Waals surface area contributed by atoms with Gasteiger partial charge in [0.25, 0.3) is 0 Å². The van der Waals surface area contributed by atoms with Crippen molar-refractivity contribution in [1.82, 2.24) is 0 Å². The molecule has 0 atom stereocenters. The molecule has 1 aromatic heterocycles. The Morgan fingerprint density at radius 1 is 1.62 bits per heavy atom. The summed E-state index contributed by atoms with van der Waals surface area (Å²) in [5.41, 5.74) is 0. The standard InChI is InChI=1S/C8H11IO2S2/c1-13(2,9,11)6-7(10)8-4-3-5-12-8/h3-5H,6H2,1-2H3. The topological polar surface area (TPSA) is 34.1 Å². The van der Waals surface area contributed by atoms with Gasteiger partial charge in [-0.25, -0.2) is 0 Å². The van der Waals surface area contributed by atoms with Gasteiger partial charge in [0.15, 0.2) is 5.78 Å². The largest absolute Gasteiger partial charge is 0.292 e. The second-order valence-corrected chi connectivity index (χ2v) is 16.8. The van der Waals surface area contributed by atoms with Crippen LogP contribution in [0.2, 0.25) is 0 Å². The van der Waals surface area contributed by atoms with Gasteiger partial charge in [-0.2, -0.15) is 0 Å². The molecule has 5 heteroatoms. The highest BCUT2D eigenvalue weighted by atomic mass is 127. The summed E-state index contributed by atoms with van der Waals surface area (Å²) in [4.78, 5) is 12.3. The quantitative estimate of drug-likeness (QED) is 0.484. The number of ketones is 1. The van der Waals surface area contributed by atoms with E-state index in [0.717, 1.165) is 0 Å². The molecule has 1 aromatic rings. The molecule has 13 heavy (non-hydrogen) atoms. The minimum atomic E-state index is -2.72. The molecule has 74 valence electrons. The lowest BCUT2D eigenvalue weighted by molar-refractivity contribution is 0.102. The Bertz CT molecular complexity index is 364.